The molecule has 5 aliphatic rings. The summed E-state index contributed by atoms with van der Waals surface area (Å²) < 4.78 is 0. The third-order valence-electron chi connectivity index (χ3n) is 12.7. The summed E-state index contributed by atoms with van der Waals surface area (Å²) in [5.74, 6) is 0.419. The van der Waals surface area contributed by atoms with Crippen molar-refractivity contribution in [3.63, 3.8) is 0 Å². The number of amides is 1. The maximum atomic E-state index is 13.8. The highest BCUT2D eigenvalue weighted by Gasteiger charge is 2.67. The molecule has 0 aromatic rings. The second-order valence-corrected chi connectivity index (χ2v) is 14.7. The summed E-state index contributed by atoms with van der Waals surface area (Å²) in [6.07, 6.45) is 14.3. The number of carbonyl (C=O) groups is 2. The number of allylic oxidation sites excluding steroid dienone is 7. The largest absolute Gasteiger partial charge is 0.504 e. The Kier molecular flexibility index (Phi) is 6.29. The fourth-order valence-electron chi connectivity index (χ4n) is 9.66. The highest BCUT2D eigenvalue weighted by Crippen LogP contribution is 2.75. The molecule has 1 amide bonds. The summed E-state index contributed by atoms with van der Waals surface area (Å²) in [5.41, 5.74) is 3.91. The Hall–Kier alpha value is -2.10. The molecule has 1 N–H and O–H groups in total. The van der Waals surface area contributed by atoms with Crippen LogP contribution in [0.4, 0.5) is 0 Å². The van der Waals surface area contributed by atoms with E-state index in [1.54, 1.807) is 0 Å². The van der Waals surface area contributed by atoms with Crippen molar-refractivity contribution in [1.29, 1.82) is 0 Å². The van der Waals surface area contributed by atoms with Crippen LogP contribution in [-0.2, 0) is 9.59 Å². The summed E-state index contributed by atoms with van der Waals surface area (Å²) in [4.78, 5) is 27.9. The number of likely N-dealkylation sites (tertiary alicyclic amines) is 1. The molecule has 0 aromatic carbocycles. The normalized spacial score (nSPS) is 43.3. The highest BCUT2D eigenvalue weighted by molar-refractivity contribution is 5.92. The molecule has 4 nitrogen and oxygen atoms in total. The molecule has 208 valence electrons. The average Bonchev–Trinajstić information content (AvgIpc) is 3.41. The lowest BCUT2D eigenvalue weighted by Gasteiger charge is -2.70. The van der Waals surface area contributed by atoms with Crippen LogP contribution in [0.2, 0.25) is 0 Å². The Morgan fingerprint density at radius 3 is 2.18 bits per heavy atom. The van der Waals surface area contributed by atoms with E-state index in [0.717, 1.165) is 75.6 Å². The van der Waals surface area contributed by atoms with E-state index in [1.165, 1.54) is 18.9 Å². The van der Waals surface area contributed by atoms with Gasteiger partial charge in [-0.2, -0.15) is 0 Å². The van der Waals surface area contributed by atoms with Gasteiger partial charge >= 0.3 is 0 Å². The molecule has 6 atom stereocenters. The first-order chi connectivity index (χ1) is 17.6. The summed E-state index contributed by atoms with van der Waals surface area (Å²) in [6, 6.07) is 0. The van der Waals surface area contributed by atoms with E-state index in [1.807, 2.05) is 6.92 Å². The van der Waals surface area contributed by atoms with Gasteiger partial charge in [0.1, 0.15) is 0 Å². The number of rotatable bonds is 3. The van der Waals surface area contributed by atoms with E-state index >= 15 is 0 Å². The lowest BCUT2D eigenvalue weighted by Crippen LogP contribution is -2.62. The maximum Gasteiger partial charge on any atom is 0.228 e. The predicted octanol–water partition coefficient (Wildman–Crippen LogP) is 7.87. The summed E-state index contributed by atoms with van der Waals surface area (Å²) >= 11 is 0. The molecule has 1 saturated heterocycles. The third kappa shape index (κ3) is 3.60. The molecule has 4 heteroatoms. The molecule has 3 saturated carbocycles. The quantitative estimate of drug-likeness (QED) is 0.305. The summed E-state index contributed by atoms with van der Waals surface area (Å²) in [5, 5.41) is 10.5. The minimum Gasteiger partial charge on any atom is -0.504 e. The first-order valence-electron chi connectivity index (χ1n) is 15.0. The second kappa shape index (κ2) is 8.70. The van der Waals surface area contributed by atoms with E-state index in [4.69, 9.17) is 0 Å². The Balaban J connectivity index is 1.55. The topological polar surface area (TPSA) is 57.6 Å². The molecule has 38 heavy (non-hydrogen) atoms. The zero-order valence-corrected chi connectivity index (χ0v) is 24.9. The van der Waals surface area contributed by atoms with Gasteiger partial charge in [-0.1, -0.05) is 58.9 Å². The van der Waals surface area contributed by atoms with Crippen LogP contribution in [0.15, 0.2) is 46.8 Å². The van der Waals surface area contributed by atoms with Crippen LogP contribution >= 0.6 is 0 Å². The van der Waals surface area contributed by atoms with Crippen molar-refractivity contribution in [1.82, 2.24) is 4.90 Å². The van der Waals surface area contributed by atoms with E-state index < -0.39 is 0 Å². The summed E-state index contributed by atoms with van der Waals surface area (Å²) in [6.45, 7) is 21.8. The first kappa shape index (κ1) is 27.5. The number of aliphatic hydroxyl groups is 1. The number of ketones is 1. The number of Topliss-reactive ketones (excluding diaryl/α,β-unsaturated/α-hetero) is 1. The van der Waals surface area contributed by atoms with Gasteiger partial charge in [0.25, 0.3) is 0 Å². The molecule has 4 fully saturated rings. The number of hydrogen-bond donors (Lipinski definition) is 1. The fourth-order valence-corrected chi connectivity index (χ4v) is 9.66. The van der Waals surface area contributed by atoms with Crippen LogP contribution in [0.25, 0.3) is 0 Å². The minimum absolute atomic E-state index is 0.00429. The van der Waals surface area contributed by atoms with Crippen molar-refractivity contribution in [2.24, 2.45) is 33.0 Å². The number of nitrogens with zero attached hydrogens (tertiary/aromatic N) is 1. The van der Waals surface area contributed by atoms with Crippen molar-refractivity contribution < 1.29 is 14.7 Å². The van der Waals surface area contributed by atoms with Gasteiger partial charge in [0.05, 0.1) is 0 Å². The van der Waals surface area contributed by atoms with Crippen molar-refractivity contribution in [3.05, 3.63) is 46.8 Å². The van der Waals surface area contributed by atoms with Gasteiger partial charge in [-0.25, -0.2) is 0 Å². The molecule has 5 rings (SSSR count). The fraction of sp³-hybridized carbons (Fsp3) is 0.706. The van der Waals surface area contributed by atoms with Crippen LogP contribution < -0.4 is 0 Å². The van der Waals surface area contributed by atoms with E-state index in [-0.39, 0.29) is 38.6 Å². The van der Waals surface area contributed by atoms with Gasteiger partial charge in [0.2, 0.25) is 5.91 Å². The van der Waals surface area contributed by atoms with Crippen molar-refractivity contribution in [2.75, 3.05) is 13.1 Å². The molecule has 4 aliphatic carbocycles. The monoisotopic (exact) mass is 519 g/mol. The number of hydrogen-bond acceptors (Lipinski definition) is 3. The minimum atomic E-state index is -0.310. The Morgan fingerprint density at radius 1 is 0.921 bits per heavy atom. The van der Waals surface area contributed by atoms with Gasteiger partial charge in [-0.3, -0.25) is 9.59 Å². The number of fused-ring (bicyclic) bond motifs is 5. The second-order valence-electron chi connectivity index (χ2n) is 14.7. The lowest BCUT2D eigenvalue weighted by molar-refractivity contribution is -0.174. The molecule has 0 bridgehead atoms. The average molecular weight is 520 g/mol. The van der Waals surface area contributed by atoms with Gasteiger partial charge in [0, 0.05) is 36.4 Å². The zero-order valence-electron chi connectivity index (χ0n) is 24.9. The smallest absolute Gasteiger partial charge is 0.228 e. The molecule has 0 aromatic heterocycles. The maximum absolute atomic E-state index is 13.8. The number of aliphatic hydroxyl groups excluding tert-OH is 1. The van der Waals surface area contributed by atoms with Crippen LogP contribution in [-0.4, -0.2) is 34.8 Å². The van der Waals surface area contributed by atoms with Gasteiger partial charge in [-0.15, -0.1) is 0 Å². The van der Waals surface area contributed by atoms with Crippen molar-refractivity contribution in [3.8, 4) is 0 Å². The molecular weight excluding hydrogens is 470 g/mol. The van der Waals surface area contributed by atoms with Gasteiger partial charge in [0.15, 0.2) is 11.5 Å². The molecule has 1 aliphatic heterocycles. The Morgan fingerprint density at radius 2 is 1.55 bits per heavy atom. The van der Waals surface area contributed by atoms with E-state index in [9.17, 15) is 14.7 Å². The van der Waals surface area contributed by atoms with E-state index in [2.05, 4.69) is 58.2 Å². The lowest BCUT2D eigenvalue weighted by atomic mass is 9.34. The molecule has 1 heterocycles. The van der Waals surface area contributed by atoms with Crippen LogP contribution in [0.1, 0.15) is 106 Å². The zero-order chi connectivity index (χ0) is 27.9. The molecule has 0 spiro atoms. The van der Waals surface area contributed by atoms with Crippen molar-refractivity contribution >= 4 is 11.7 Å². The van der Waals surface area contributed by atoms with Crippen LogP contribution in [0.3, 0.4) is 0 Å². The highest BCUT2D eigenvalue weighted by atomic mass is 16.3. The van der Waals surface area contributed by atoms with E-state index in [0.29, 0.717) is 17.4 Å². The molecular formula is C34H49NO3. The van der Waals surface area contributed by atoms with Gasteiger partial charge in [-0.05, 0) is 98.0 Å². The third-order valence-corrected chi connectivity index (χ3v) is 12.7. The van der Waals surface area contributed by atoms with Crippen molar-refractivity contribution in [2.45, 2.75) is 106 Å². The van der Waals surface area contributed by atoms with Crippen LogP contribution in [0.5, 0.6) is 0 Å². The Labute approximate surface area is 230 Å². The SMILES string of the molecule is C=C1C(/C(C)=C(/O)C(C)=O)=CC=C2[C@@]1(C)CC[C@@]1(C)[C@@H]3C[C@](C)(C(=O)N4CCCC4)CC[C@]3(C)CC[C@]21C. The standard InChI is InChI=1S/C34H49NO3/c1-22(28(37)24(3)36)25-11-12-26-32(6,23(25)2)16-18-34(8)27-21-31(5,29(38)35-19-9-10-20-35)14-13-30(27,4)15-17-33(26,34)7/h11-12,27,37H,2,9-10,13-21H2,1,3-8H3/b28-22+/t27-,30-,31-,32+,33-,34+/m1/s1. The first-order valence-corrected chi connectivity index (χ1v) is 15.0. The number of carbonyl (C=O) groups excluding carboxylic acids is 2. The molecule has 0 unspecified atom stereocenters. The summed E-state index contributed by atoms with van der Waals surface area (Å²) in [7, 11) is 0. The Bertz CT molecular complexity index is 1180. The van der Waals surface area contributed by atoms with Crippen LogP contribution in [0, 0.1) is 33.0 Å². The predicted molar refractivity (Wildman–Crippen MR) is 153 cm³/mol. The molecule has 0 radical (unpaired) electrons. The van der Waals surface area contributed by atoms with Gasteiger partial charge < -0.3 is 10.0 Å².